The molecule has 2 heterocycles. The van der Waals surface area contributed by atoms with Crippen LogP contribution in [0.15, 0.2) is 48.5 Å². The minimum absolute atomic E-state index is 0.0167. The number of carbonyl (C=O) groups excluding carboxylic acids is 4. The van der Waals surface area contributed by atoms with E-state index in [4.69, 9.17) is 9.47 Å². The Morgan fingerprint density at radius 1 is 1.09 bits per heavy atom. The number of thiazole rings is 1. The normalized spacial score (nSPS) is 18.9. The zero-order valence-electron chi connectivity index (χ0n) is 34.6. The number of aromatic nitrogens is 1. The molecule has 1 fully saturated rings. The van der Waals surface area contributed by atoms with Gasteiger partial charge >= 0.3 is 0 Å². The molecular formula is C41H68N6O6S. The van der Waals surface area contributed by atoms with E-state index in [2.05, 4.69) is 34.1 Å². The molecule has 4 amide bonds. The molecule has 1 aliphatic heterocycles. The summed E-state index contributed by atoms with van der Waals surface area (Å²) >= 11 is 1.47. The van der Waals surface area contributed by atoms with Gasteiger partial charge in [0, 0.05) is 39.4 Å². The number of likely N-dealkylation sites (tertiary alicyclic amines) is 1. The summed E-state index contributed by atoms with van der Waals surface area (Å²) in [6, 6.07) is -1.91. The summed E-state index contributed by atoms with van der Waals surface area (Å²) in [5.41, 5.74) is 0.0614. The van der Waals surface area contributed by atoms with Crippen molar-refractivity contribution in [2.45, 2.75) is 129 Å². The molecule has 0 radical (unpaired) electrons. The van der Waals surface area contributed by atoms with Gasteiger partial charge in [0.2, 0.25) is 23.6 Å². The number of nitrogens with zero attached hydrogens (tertiary/aromatic N) is 3. The minimum atomic E-state index is -0.858. The summed E-state index contributed by atoms with van der Waals surface area (Å²) in [4.78, 5) is 63.5. The van der Waals surface area contributed by atoms with E-state index in [9.17, 15) is 19.2 Å². The molecule has 1 saturated heterocycles. The Hall–Kier alpha value is -3.39. The number of carbonyl (C=O) groups is 4. The second-order valence-electron chi connectivity index (χ2n) is 15.3. The van der Waals surface area contributed by atoms with Crippen LogP contribution in [0.3, 0.4) is 0 Å². The third-order valence-corrected chi connectivity index (χ3v) is 11.7. The largest absolute Gasteiger partial charge is 0.379 e. The molecule has 2 rings (SSSR count). The molecule has 0 unspecified atom stereocenters. The third kappa shape index (κ3) is 12.3. The van der Waals surface area contributed by atoms with Gasteiger partial charge < -0.3 is 35.2 Å². The fourth-order valence-corrected chi connectivity index (χ4v) is 8.09. The number of hydrogen-bond donors (Lipinski definition) is 3. The van der Waals surface area contributed by atoms with Crippen molar-refractivity contribution in [1.29, 1.82) is 0 Å². The van der Waals surface area contributed by atoms with Crippen LogP contribution in [0.1, 0.15) is 98.5 Å². The second kappa shape index (κ2) is 22.2. The average Bonchev–Trinajstić information content (AvgIpc) is 3.86. The number of ether oxygens (including phenoxy) is 2. The lowest BCUT2D eigenvalue weighted by Crippen LogP contribution is -2.61. The van der Waals surface area contributed by atoms with Gasteiger partial charge in [-0.15, -0.1) is 11.3 Å². The number of nitrogens with one attached hydrogen (secondary N) is 3. The van der Waals surface area contributed by atoms with Crippen LogP contribution in [-0.4, -0.2) is 109 Å². The van der Waals surface area contributed by atoms with E-state index in [0.29, 0.717) is 25.9 Å². The van der Waals surface area contributed by atoms with Crippen molar-refractivity contribution in [1.82, 2.24) is 30.7 Å². The predicted octanol–water partition coefficient (Wildman–Crippen LogP) is 5.44. The molecule has 1 aromatic heterocycles. The molecule has 304 valence electrons. The first-order valence-electron chi connectivity index (χ1n) is 19.3. The molecule has 0 spiro atoms. The first-order chi connectivity index (χ1) is 25.5. The summed E-state index contributed by atoms with van der Waals surface area (Å²) in [6.45, 7) is 24.1. The van der Waals surface area contributed by atoms with E-state index in [-0.39, 0.29) is 54.0 Å². The average molecular weight is 773 g/mol. The van der Waals surface area contributed by atoms with Crippen molar-refractivity contribution in [2.75, 3.05) is 34.4 Å². The highest BCUT2D eigenvalue weighted by Crippen LogP contribution is 2.31. The van der Waals surface area contributed by atoms with Crippen molar-refractivity contribution < 1.29 is 28.7 Å². The first kappa shape index (κ1) is 46.8. The van der Waals surface area contributed by atoms with Gasteiger partial charge in [-0.25, -0.2) is 4.98 Å². The number of hydrogen-bond acceptors (Lipinski definition) is 9. The zero-order chi connectivity index (χ0) is 40.7. The van der Waals surface area contributed by atoms with Gasteiger partial charge in [0.15, 0.2) is 0 Å². The molecule has 1 aromatic rings. The van der Waals surface area contributed by atoms with Crippen molar-refractivity contribution in [3.05, 3.63) is 53.5 Å². The van der Waals surface area contributed by atoms with Crippen LogP contribution in [0.4, 0.5) is 0 Å². The van der Waals surface area contributed by atoms with Crippen LogP contribution in [0, 0.1) is 17.8 Å². The van der Waals surface area contributed by atoms with Crippen molar-refractivity contribution in [3.8, 4) is 0 Å². The van der Waals surface area contributed by atoms with E-state index in [1.807, 2.05) is 57.9 Å². The van der Waals surface area contributed by atoms with Gasteiger partial charge in [-0.1, -0.05) is 79.3 Å². The summed E-state index contributed by atoms with van der Waals surface area (Å²) in [5.74, 6) is -1.60. The Labute approximate surface area is 328 Å². The Bertz CT molecular complexity index is 1410. The minimum Gasteiger partial charge on any atom is -0.379 e. The number of allylic oxidation sites excluding steroid dienone is 3. The molecule has 54 heavy (non-hydrogen) atoms. The summed E-state index contributed by atoms with van der Waals surface area (Å²) in [7, 11) is 4.88. The van der Waals surface area contributed by atoms with Crippen LogP contribution in [0.5, 0.6) is 0 Å². The molecule has 3 N–H and O–H groups in total. The monoisotopic (exact) mass is 772 g/mol. The number of amides is 4. The topological polar surface area (TPSA) is 142 Å². The van der Waals surface area contributed by atoms with Crippen molar-refractivity contribution in [3.63, 3.8) is 0 Å². The van der Waals surface area contributed by atoms with Crippen molar-refractivity contribution >= 4 is 35.0 Å². The fraction of sp³-hybridized carbons (Fsp3) is 0.683. The molecule has 0 saturated carbocycles. The molecule has 1 aliphatic rings. The Morgan fingerprint density at radius 3 is 2.30 bits per heavy atom. The third-order valence-electron chi connectivity index (χ3n) is 10.8. The Balaban J connectivity index is 2.30. The molecule has 0 aromatic carbocycles. The lowest BCUT2D eigenvalue weighted by atomic mass is 9.89. The Kier molecular flexibility index (Phi) is 19.3. The molecule has 8 atom stereocenters. The van der Waals surface area contributed by atoms with Gasteiger partial charge in [0.25, 0.3) is 0 Å². The molecule has 0 bridgehead atoms. The highest BCUT2D eigenvalue weighted by molar-refractivity contribution is 7.09. The van der Waals surface area contributed by atoms with Crippen LogP contribution in [0.2, 0.25) is 0 Å². The van der Waals surface area contributed by atoms with Gasteiger partial charge in [0.1, 0.15) is 11.0 Å². The predicted molar refractivity (Wildman–Crippen MR) is 217 cm³/mol. The van der Waals surface area contributed by atoms with Gasteiger partial charge in [-0.3, -0.25) is 19.2 Å². The second-order valence-corrected chi connectivity index (χ2v) is 16.2. The highest BCUT2D eigenvalue weighted by Gasteiger charge is 2.43. The lowest BCUT2D eigenvalue weighted by Gasteiger charge is -2.41. The van der Waals surface area contributed by atoms with Crippen LogP contribution in [0.25, 0.3) is 0 Å². The van der Waals surface area contributed by atoms with Crippen LogP contribution in [-0.2, 0) is 28.7 Å². The molecule has 0 aliphatic carbocycles. The van der Waals surface area contributed by atoms with E-state index >= 15 is 0 Å². The quantitative estimate of drug-likeness (QED) is 0.125. The lowest BCUT2D eigenvalue weighted by molar-refractivity contribution is -0.148. The molecular weight excluding hydrogens is 705 g/mol. The van der Waals surface area contributed by atoms with Crippen LogP contribution >= 0.6 is 11.3 Å². The zero-order valence-corrected chi connectivity index (χ0v) is 35.5. The standard InChI is InChI=1S/C41H68N6O6S/c1-14-19-29(16-3)24-30(38-42-21-23-54-38)44-37(49)28(8)36(53-13)31-20-18-22-47(31)33(48)25-32(52-12)35(27(7)15-2)46(11)39(50)34(26(5)6)45-40(51)41(9,10)43-17-4/h14,16,19,21,23,26-28,30-32,34-36,43H,1,3,15,17-18,20,22,24-25H2,2,4-13H3,(H,44,49)(H,45,51)/b29-19+/t27-,28+,30-,31-,32+,34-,35-,36+/m0/s1. The fourth-order valence-electron chi connectivity index (χ4n) is 7.40. The van der Waals surface area contributed by atoms with Crippen LogP contribution < -0.4 is 16.0 Å². The SMILES string of the molecule is C=C/C=C(\C=C)C[C@H](NC(=O)[C@H](C)[C@@H](OC)[C@@H]1CCCN1C(=O)C[C@@H](OC)[C@H]([C@@H](C)CC)N(C)C(=O)[C@@H](NC(=O)C(C)(C)NCC)C(C)C)c1nccs1. The van der Waals surface area contributed by atoms with E-state index in [1.165, 1.54) is 11.3 Å². The van der Waals surface area contributed by atoms with E-state index in [0.717, 1.165) is 23.4 Å². The van der Waals surface area contributed by atoms with E-state index < -0.39 is 35.7 Å². The molecule has 13 heteroatoms. The van der Waals surface area contributed by atoms with Gasteiger partial charge in [0.05, 0.1) is 48.2 Å². The maximum atomic E-state index is 14.2. The summed E-state index contributed by atoms with van der Waals surface area (Å²) in [5, 5.41) is 12.0. The smallest absolute Gasteiger partial charge is 0.245 e. The number of methoxy groups -OCH3 is 2. The Morgan fingerprint density at radius 2 is 1.78 bits per heavy atom. The van der Waals surface area contributed by atoms with Gasteiger partial charge in [-0.05, 0) is 57.1 Å². The molecule has 12 nitrogen and oxygen atoms in total. The highest BCUT2D eigenvalue weighted by atomic mass is 32.1. The first-order valence-corrected chi connectivity index (χ1v) is 20.2. The maximum Gasteiger partial charge on any atom is 0.245 e. The number of rotatable bonds is 23. The van der Waals surface area contributed by atoms with Gasteiger partial charge in [-0.2, -0.15) is 0 Å². The maximum absolute atomic E-state index is 14.2. The number of likely N-dealkylation sites (N-methyl/N-ethyl adjacent to an activating group) is 2. The summed E-state index contributed by atoms with van der Waals surface area (Å²) < 4.78 is 12.0. The summed E-state index contributed by atoms with van der Waals surface area (Å²) in [6.07, 6.45) is 8.57. The van der Waals surface area contributed by atoms with E-state index in [1.54, 1.807) is 58.4 Å². The van der Waals surface area contributed by atoms with Crippen molar-refractivity contribution in [2.24, 2.45) is 17.8 Å².